The van der Waals surface area contributed by atoms with Gasteiger partial charge in [-0.3, -0.25) is 19.8 Å². The first-order chi connectivity index (χ1) is 16.8. The number of carbonyl (C=O) groups is 2. The molecule has 2 aromatic rings. The van der Waals surface area contributed by atoms with Gasteiger partial charge in [0.1, 0.15) is 5.69 Å². The van der Waals surface area contributed by atoms with Crippen LogP contribution in [-0.4, -0.2) is 48.9 Å². The van der Waals surface area contributed by atoms with Gasteiger partial charge in [0.2, 0.25) is 5.91 Å². The number of anilines is 2. The molecule has 1 aliphatic carbocycles. The molecule has 0 radical (unpaired) electrons. The van der Waals surface area contributed by atoms with Crippen LogP contribution >= 0.6 is 11.6 Å². The average Bonchev–Trinajstić information content (AvgIpc) is 3.50. The molecule has 1 aromatic carbocycles. The van der Waals surface area contributed by atoms with Crippen molar-refractivity contribution in [3.8, 4) is 0 Å². The normalized spacial score (nSPS) is 25.1. The van der Waals surface area contributed by atoms with Gasteiger partial charge in [0, 0.05) is 39.4 Å². The number of carbonyl (C=O) groups excluding carboxylic acids is 2. The van der Waals surface area contributed by atoms with Gasteiger partial charge >= 0.3 is 6.03 Å². The van der Waals surface area contributed by atoms with Crippen LogP contribution in [0.15, 0.2) is 41.3 Å². The van der Waals surface area contributed by atoms with Gasteiger partial charge in [-0.25, -0.2) is 4.79 Å². The first kappa shape index (κ1) is 23.9. The lowest BCUT2D eigenvalue weighted by Crippen LogP contribution is -2.49. The van der Waals surface area contributed by atoms with E-state index in [1.165, 1.54) is 4.90 Å². The van der Waals surface area contributed by atoms with Gasteiger partial charge in [-0.2, -0.15) is 0 Å². The molecule has 3 heterocycles. The summed E-state index contributed by atoms with van der Waals surface area (Å²) >= 11 is 6.78. The molecular weight excluding hydrogens is 468 g/mol. The molecule has 1 aromatic heterocycles. The van der Waals surface area contributed by atoms with E-state index in [1.807, 2.05) is 36.5 Å². The molecule has 3 fully saturated rings. The van der Waals surface area contributed by atoms with E-state index in [1.54, 1.807) is 11.7 Å². The van der Waals surface area contributed by atoms with E-state index in [0.717, 1.165) is 43.6 Å². The lowest BCUT2D eigenvalue weighted by molar-refractivity contribution is -0.120. The Labute approximate surface area is 209 Å². The quantitative estimate of drug-likeness (QED) is 0.655. The number of nitrogens with zero attached hydrogens (tertiary/aromatic N) is 3. The zero-order chi connectivity index (χ0) is 24.7. The van der Waals surface area contributed by atoms with Crippen molar-refractivity contribution >= 4 is 34.9 Å². The maximum Gasteiger partial charge on any atom is 0.328 e. The van der Waals surface area contributed by atoms with Crippen molar-refractivity contribution in [1.82, 2.24) is 9.88 Å². The van der Waals surface area contributed by atoms with E-state index in [4.69, 9.17) is 16.3 Å². The van der Waals surface area contributed by atoms with Crippen LogP contribution in [0.2, 0.25) is 5.02 Å². The summed E-state index contributed by atoms with van der Waals surface area (Å²) in [5, 5.41) is 2.91. The molecular formula is C26H31ClN4O4. The summed E-state index contributed by atoms with van der Waals surface area (Å²) in [7, 11) is 1.72. The number of piperidine rings is 1. The van der Waals surface area contributed by atoms with Crippen molar-refractivity contribution in [3.05, 3.63) is 57.5 Å². The van der Waals surface area contributed by atoms with Crippen molar-refractivity contribution in [2.24, 2.45) is 5.92 Å². The number of nitrogens with one attached hydrogen (secondary N) is 1. The fourth-order valence-electron chi connectivity index (χ4n) is 5.49. The molecule has 2 atom stereocenters. The smallest absolute Gasteiger partial charge is 0.328 e. The van der Waals surface area contributed by atoms with Gasteiger partial charge in [-0.05, 0) is 54.9 Å². The number of benzene rings is 1. The molecule has 1 N–H and O–H groups in total. The van der Waals surface area contributed by atoms with Gasteiger partial charge in [-0.1, -0.05) is 30.7 Å². The number of halogens is 1. The Morgan fingerprint density at radius 2 is 1.80 bits per heavy atom. The zero-order valence-electron chi connectivity index (χ0n) is 20.1. The molecule has 8 nitrogen and oxygen atoms in total. The molecule has 5 rings (SSSR count). The van der Waals surface area contributed by atoms with Crippen molar-refractivity contribution < 1.29 is 14.3 Å². The van der Waals surface area contributed by atoms with Crippen molar-refractivity contribution in [2.45, 2.75) is 50.7 Å². The van der Waals surface area contributed by atoms with E-state index in [2.05, 4.69) is 17.1 Å². The van der Waals surface area contributed by atoms with Crippen LogP contribution in [0.4, 0.5) is 16.2 Å². The molecule has 186 valence electrons. The molecule has 0 bridgehead atoms. The fraction of sp³-hybridized carbons (Fsp3) is 0.500. The second-order valence-corrected chi connectivity index (χ2v) is 10.3. The van der Waals surface area contributed by atoms with Gasteiger partial charge in [0.15, 0.2) is 0 Å². The third-order valence-corrected chi connectivity index (χ3v) is 8.27. The molecule has 2 saturated heterocycles. The Kier molecular flexibility index (Phi) is 6.36. The van der Waals surface area contributed by atoms with Crippen LogP contribution in [0.25, 0.3) is 0 Å². The third-order valence-electron chi connectivity index (χ3n) is 7.86. The summed E-state index contributed by atoms with van der Waals surface area (Å²) in [5.74, 6) is 0.411. The van der Waals surface area contributed by atoms with Gasteiger partial charge in [-0.15, -0.1) is 0 Å². The van der Waals surface area contributed by atoms with E-state index in [9.17, 15) is 14.4 Å². The standard InChI is InChI=1S/C26H31ClN4O4/c1-17-15-26(17,35-2)16-30-11-4-7-21(24(30)33)29-12-8-18(9-13-29)19-5-3-6-20(23(19)27)31-14-10-22(32)28-25(31)34/h3-7,11,17-18H,8-10,12-16H2,1-2H3,(H,28,32,34). The number of hydrogen-bond acceptors (Lipinski definition) is 5. The van der Waals surface area contributed by atoms with Crippen LogP contribution in [0.5, 0.6) is 0 Å². The Hall–Kier alpha value is -2.84. The highest BCUT2D eigenvalue weighted by Gasteiger charge is 2.52. The van der Waals surface area contributed by atoms with Crippen LogP contribution in [-0.2, 0) is 16.1 Å². The largest absolute Gasteiger partial charge is 0.376 e. The molecule has 2 aliphatic heterocycles. The van der Waals surface area contributed by atoms with Gasteiger partial charge in [0.05, 0.1) is 22.9 Å². The summed E-state index contributed by atoms with van der Waals surface area (Å²) in [5.41, 5.74) is 2.15. The Bertz CT molecular complexity index is 1200. The Morgan fingerprint density at radius 1 is 1.09 bits per heavy atom. The first-order valence-electron chi connectivity index (χ1n) is 12.2. The number of imide groups is 1. The van der Waals surface area contributed by atoms with Gasteiger partial charge in [0.25, 0.3) is 5.56 Å². The maximum absolute atomic E-state index is 13.3. The number of methoxy groups -OCH3 is 1. The van der Waals surface area contributed by atoms with Crippen LogP contribution < -0.4 is 20.7 Å². The number of pyridine rings is 1. The molecule has 3 aliphatic rings. The summed E-state index contributed by atoms with van der Waals surface area (Å²) in [6, 6.07) is 9.14. The SMILES string of the molecule is COC1(Cn2cccc(N3CCC(c4cccc(N5CCC(=O)NC5=O)c4Cl)CC3)c2=O)CC1C. The summed E-state index contributed by atoms with van der Waals surface area (Å²) in [6.07, 6.45) is 4.77. The summed E-state index contributed by atoms with van der Waals surface area (Å²) in [6.45, 7) is 4.53. The Morgan fingerprint density at radius 3 is 2.46 bits per heavy atom. The van der Waals surface area contributed by atoms with Crippen LogP contribution in [0.1, 0.15) is 44.1 Å². The molecule has 3 amide bonds. The highest BCUT2D eigenvalue weighted by molar-refractivity contribution is 6.34. The van der Waals surface area contributed by atoms with E-state index < -0.39 is 6.03 Å². The molecule has 1 saturated carbocycles. The minimum Gasteiger partial charge on any atom is -0.376 e. The highest BCUT2D eigenvalue weighted by Crippen LogP contribution is 2.47. The van der Waals surface area contributed by atoms with Crippen LogP contribution in [0.3, 0.4) is 0 Å². The average molecular weight is 499 g/mol. The van der Waals surface area contributed by atoms with E-state index >= 15 is 0 Å². The highest BCUT2D eigenvalue weighted by atomic mass is 35.5. The molecule has 0 spiro atoms. The lowest BCUT2D eigenvalue weighted by Gasteiger charge is -2.35. The number of aromatic nitrogens is 1. The molecule has 35 heavy (non-hydrogen) atoms. The minimum absolute atomic E-state index is 0.0205. The second-order valence-electron chi connectivity index (χ2n) is 9.90. The summed E-state index contributed by atoms with van der Waals surface area (Å²) < 4.78 is 7.49. The van der Waals surface area contributed by atoms with E-state index in [0.29, 0.717) is 29.7 Å². The number of urea groups is 1. The fourth-order valence-corrected chi connectivity index (χ4v) is 5.88. The minimum atomic E-state index is -0.439. The third kappa shape index (κ3) is 4.45. The maximum atomic E-state index is 13.3. The second kappa shape index (κ2) is 9.32. The zero-order valence-corrected chi connectivity index (χ0v) is 20.9. The summed E-state index contributed by atoms with van der Waals surface area (Å²) in [4.78, 5) is 40.8. The van der Waals surface area contributed by atoms with E-state index in [-0.39, 0.29) is 29.4 Å². The Balaban J connectivity index is 1.29. The first-order valence-corrected chi connectivity index (χ1v) is 12.6. The number of amides is 3. The topological polar surface area (TPSA) is 83.9 Å². The molecule has 2 unspecified atom stereocenters. The van der Waals surface area contributed by atoms with Crippen molar-refractivity contribution in [1.29, 1.82) is 0 Å². The van der Waals surface area contributed by atoms with Crippen molar-refractivity contribution in [3.63, 3.8) is 0 Å². The lowest BCUT2D eigenvalue weighted by atomic mass is 9.88. The van der Waals surface area contributed by atoms with Crippen molar-refractivity contribution in [2.75, 3.05) is 36.5 Å². The number of ether oxygens (including phenoxy) is 1. The van der Waals surface area contributed by atoms with Gasteiger partial charge < -0.3 is 14.2 Å². The molecule has 9 heteroatoms. The predicted octanol–water partition coefficient (Wildman–Crippen LogP) is 3.76. The predicted molar refractivity (Wildman–Crippen MR) is 135 cm³/mol. The van der Waals surface area contributed by atoms with Crippen LogP contribution in [0, 0.1) is 5.92 Å². The monoisotopic (exact) mass is 498 g/mol. The number of rotatable bonds is 6. The number of hydrogen-bond donors (Lipinski definition) is 1.